The van der Waals surface area contributed by atoms with Gasteiger partial charge in [-0.05, 0) is 24.5 Å². The first-order valence-electron chi connectivity index (χ1n) is 9.60. The van der Waals surface area contributed by atoms with Crippen LogP contribution in [0.15, 0.2) is 24.3 Å². The maximum absolute atomic E-state index is 13.5. The summed E-state index contributed by atoms with van der Waals surface area (Å²) < 4.78 is 51.0. The molecule has 0 aromatic heterocycles. The minimum atomic E-state index is -4.41. The van der Waals surface area contributed by atoms with E-state index in [1.807, 2.05) is 0 Å². The second-order valence-electron chi connectivity index (χ2n) is 7.77. The van der Waals surface area contributed by atoms with Crippen LogP contribution in [0.3, 0.4) is 0 Å². The van der Waals surface area contributed by atoms with Crippen molar-refractivity contribution in [2.24, 2.45) is 0 Å². The Morgan fingerprint density at radius 1 is 1.00 bits per heavy atom. The van der Waals surface area contributed by atoms with Gasteiger partial charge in [0.2, 0.25) is 5.91 Å². The molecule has 1 spiro atoms. The van der Waals surface area contributed by atoms with Gasteiger partial charge < -0.3 is 14.4 Å². The van der Waals surface area contributed by atoms with E-state index < -0.39 is 22.9 Å². The van der Waals surface area contributed by atoms with Crippen molar-refractivity contribution in [2.75, 3.05) is 26.3 Å². The molecule has 0 radical (unpaired) electrons. The maximum atomic E-state index is 13.5. The predicted octanol–water partition coefficient (Wildman–Crippen LogP) is 3.88. The molecule has 1 aromatic carbocycles. The minimum absolute atomic E-state index is 0.0489. The van der Waals surface area contributed by atoms with Gasteiger partial charge in [-0.3, -0.25) is 4.79 Å². The summed E-state index contributed by atoms with van der Waals surface area (Å²) in [5.74, 6) is -0.623. The first kappa shape index (κ1) is 18.7. The number of likely N-dealkylation sites (tertiary alicyclic amines) is 1. The Bertz CT molecular complexity index is 697. The Hall–Kier alpha value is -1.60. The number of benzene rings is 1. The van der Waals surface area contributed by atoms with Gasteiger partial charge in [0, 0.05) is 25.9 Å². The highest BCUT2D eigenvalue weighted by atomic mass is 19.4. The first-order chi connectivity index (χ1) is 12.8. The quantitative estimate of drug-likeness (QED) is 0.778. The van der Waals surface area contributed by atoms with E-state index >= 15 is 0 Å². The van der Waals surface area contributed by atoms with Crippen LogP contribution in [-0.4, -0.2) is 42.9 Å². The van der Waals surface area contributed by atoms with Crippen LogP contribution in [0.1, 0.15) is 49.7 Å². The zero-order valence-electron chi connectivity index (χ0n) is 15.2. The molecule has 7 heteroatoms. The van der Waals surface area contributed by atoms with Crippen LogP contribution in [0.5, 0.6) is 0 Å². The minimum Gasteiger partial charge on any atom is -0.347 e. The molecule has 0 atom stereocenters. The zero-order valence-corrected chi connectivity index (χ0v) is 15.2. The number of hydrogen-bond acceptors (Lipinski definition) is 3. The van der Waals surface area contributed by atoms with Gasteiger partial charge in [-0.2, -0.15) is 13.2 Å². The molecule has 1 saturated carbocycles. The zero-order chi connectivity index (χ0) is 19.1. The van der Waals surface area contributed by atoms with E-state index in [0.29, 0.717) is 57.6 Å². The lowest BCUT2D eigenvalue weighted by Gasteiger charge is -2.41. The summed E-state index contributed by atoms with van der Waals surface area (Å²) >= 11 is 0. The Balaban J connectivity index is 1.58. The molecule has 1 amide bonds. The summed E-state index contributed by atoms with van der Waals surface area (Å²) in [6.45, 7) is 2.17. The summed E-state index contributed by atoms with van der Waals surface area (Å²) in [6, 6.07) is 5.32. The van der Waals surface area contributed by atoms with Gasteiger partial charge >= 0.3 is 6.18 Å². The molecule has 0 N–H and O–H groups in total. The fraction of sp³-hybridized carbons (Fsp3) is 0.650. The highest BCUT2D eigenvalue weighted by Gasteiger charge is 2.48. The molecule has 2 heterocycles. The second-order valence-corrected chi connectivity index (χ2v) is 7.77. The maximum Gasteiger partial charge on any atom is 0.416 e. The van der Waals surface area contributed by atoms with Crippen molar-refractivity contribution in [3.05, 3.63) is 35.4 Å². The lowest BCUT2D eigenvalue weighted by molar-refractivity contribution is -0.188. The number of amides is 1. The summed E-state index contributed by atoms with van der Waals surface area (Å²) in [6.07, 6.45) is -0.288. The number of alkyl halides is 3. The molecule has 0 unspecified atom stereocenters. The molecule has 4 rings (SSSR count). The molecule has 2 saturated heterocycles. The van der Waals surface area contributed by atoms with E-state index in [2.05, 4.69) is 0 Å². The van der Waals surface area contributed by atoms with Crippen molar-refractivity contribution >= 4 is 5.91 Å². The smallest absolute Gasteiger partial charge is 0.347 e. The van der Waals surface area contributed by atoms with E-state index in [4.69, 9.17) is 9.47 Å². The van der Waals surface area contributed by atoms with Gasteiger partial charge in [0.25, 0.3) is 0 Å². The normalized spacial score (nSPS) is 24.5. The highest BCUT2D eigenvalue weighted by molar-refractivity contribution is 5.89. The van der Waals surface area contributed by atoms with Gasteiger partial charge in [0.1, 0.15) is 0 Å². The summed E-state index contributed by atoms with van der Waals surface area (Å²) in [4.78, 5) is 15.2. The van der Waals surface area contributed by atoms with Crippen molar-refractivity contribution in [2.45, 2.75) is 55.9 Å². The van der Waals surface area contributed by atoms with Crippen LogP contribution >= 0.6 is 0 Å². The van der Waals surface area contributed by atoms with Crippen molar-refractivity contribution in [3.8, 4) is 0 Å². The predicted molar refractivity (Wildman–Crippen MR) is 92.0 cm³/mol. The molecule has 1 aromatic rings. The monoisotopic (exact) mass is 383 g/mol. The number of nitrogens with zero attached hydrogens (tertiary/aromatic N) is 1. The molecule has 148 valence electrons. The van der Waals surface area contributed by atoms with Gasteiger partial charge in [-0.25, -0.2) is 0 Å². The average Bonchev–Trinajstić information content (AvgIpc) is 3.32. The number of halogens is 3. The van der Waals surface area contributed by atoms with Gasteiger partial charge in [-0.15, -0.1) is 0 Å². The summed E-state index contributed by atoms with van der Waals surface area (Å²) in [5.41, 5.74) is -1.04. The Kier molecular flexibility index (Phi) is 4.71. The van der Waals surface area contributed by atoms with Crippen LogP contribution in [0.4, 0.5) is 13.2 Å². The molecule has 3 fully saturated rings. The summed E-state index contributed by atoms with van der Waals surface area (Å²) in [5, 5.41) is 0. The van der Waals surface area contributed by atoms with E-state index in [1.165, 1.54) is 6.07 Å². The fourth-order valence-corrected chi connectivity index (χ4v) is 4.74. The van der Waals surface area contributed by atoms with Crippen molar-refractivity contribution in [3.63, 3.8) is 0 Å². The van der Waals surface area contributed by atoms with E-state index in [-0.39, 0.29) is 5.91 Å². The van der Waals surface area contributed by atoms with Crippen LogP contribution < -0.4 is 0 Å². The Labute approximate surface area is 156 Å². The Morgan fingerprint density at radius 2 is 1.63 bits per heavy atom. The third kappa shape index (κ3) is 3.36. The highest BCUT2D eigenvalue weighted by Crippen LogP contribution is 2.45. The van der Waals surface area contributed by atoms with Crippen LogP contribution in [0, 0.1) is 0 Å². The first-order valence-corrected chi connectivity index (χ1v) is 9.60. The van der Waals surface area contributed by atoms with Gasteiger partial charge in [-0.1, -0.05) is 31.0 Å². The number of hydrogen-bond donors (Lipinski definition) is 0. The molecular weight excluding hydrogens is 359 g/mol. The van der Waals surface area contributed by atoms with Crippen LogP contribution in [0.25, 0.3) is 0 Å². The number of carbonyl (C=O) groups excluding carboxylic acids is 1. The number of ether oxygens (including phenoxy) is 2. The molecular formula is C20H24F3NO3. The Morgan fingerprint density at radius 3 is 2.22 bits per heavy atom. The number of piperidine rings is 1. The third-order valence-corrected chi connectivity index (χ3v) is 6.23. The van der Waals surface area contributed by atoms with Crippen LogP contribution in [0.2, 0.25) is 0 Å². The number of carbonyl (C=O) groups is 1. The van der Waals surface area contributed by atoms with E-state index in [1.54, 1.807) is 11.0 Å². The van der Waals surface area contributed by atoms with Crippen LogP contribution in [-0.2, 0) is 25.9 Å². The molecule has 3 aliphatic rings. The van der Waals surface area contributed by atoms with E-state index in [0.717, 1.165) is 25.0 Å². The molecule has 1 aliphatic carbocycles. The SMILES string of the molecule is O=C(N1CCC2(CC1)OCCO2)C1(c2cccc(C(F)(F)F)c2)CCCC1. The van der Waals surface area contributed by atoms with Gasteiger partial charge in [0.15, 0.2) is 5.79 Å². The van der Waals surface area contributed by atoms with Crippen molar-refractivity contribution < 1.29 is 27.4 Å². The summed E-state index contributed by atoms with van der Waals surface area (Å²) in [7, 11) is 0. The largest absolute Gasteiger partial charge is 0.416 e. The molecule has 2 aliphatic heterocycles. The van der Waals surface area contributed by atoms with Crippen molar-refractivity contribution in [1.82, 2.24) is 4.90 Å². The molecule has 0 bridgehead atoms. The topological polar surface area (TPSA) is 38.8 Å². The number of rotatable bonds is 2. The lowest BCUT2D eigenvalue weighted by atomic mass is 9.76. The fourth-order valence-electron chi connectivity index (χ4n) is 4.74. The van der Waals surface area contributed by atoms with E-state index in [9.17, 15) is 18.0 Å². The molecule has 4 nitrogen and oxygen atoms in total. The molecule has 27 heavy (non-hydrogen) atoms. The van der Waals surface area contributed by atoms with Crippen molar-refractivity contribution in [1.29, 1.82) is 0 Å². The third-order valence-electron chi connectivity index (χ3n) is 6.23. The standard InChI is InChI=1S/C20H24F3NO3/c21-20(22,23)16-5-3-4-15(14-16)18(6-1-2-7-18)17(25)24-10-8-19(9-11-24)26-12-13-27-19/h3-5,14H,1-2,6-13H2. The van der Waals surface area contributed by atoms with Gasteiger partial charge in [0.05, 0.1) is 24.2 Å². The second kappa shape index (κ2) is 6.78. The lowest BCUT2D eigenvalue weighted by Crippen LogP contribution is -2.52. The average molecular weight is 383 g/mol.